The first-order valence-corrected chi connectivity index (χ1v) is 9.22. The lowest BCUT2D eigenvalue weighted by Crippen LogP contribution is -2.30. The Balaban J connectivity index is 1.61. The number of hydrogen-bond donors (Lipinski definition) is 1. The van der Waals surface area contributed by atoms with Gasteiger partial charge in [0, 0.05) is 21.8 Å². The molecule has 1 heterocycles. The molecule has 2 aromatic carbocycles. The normalized spacial score (nSPS) is 13.8. The lowest BCUT2D eigenvalue weighted by Gasteiger charge is -2.14. The Hall–Kier alpha value is -2.28. The summed E-state index contributed by atoms with van der Waals surface area (Å²) < 4.78 is 0. The van der Waals surface area contributed by atoms with E-state index in [9.17, 15) is 14.4 Å². The molecule has 132 valence electrons. The van der Waals surface area contributed by atoms with Crippen molar-refractivity contribution in [1.82, 2.24) is 0 Å². The molecule has 3 rings (SSSR count). The SMILES string of the molecule is O=C(CSC1=CC(=O)N(c2cccc(Cl)c2)C1=O)Nc1ccc(Cl)cc1. The van der Waals surface area contributed by atoms with Crippen LogP contribution in [0.4, 0.5) is 11.4 Å². The number of rotatable bonds is 5. The number of amides is 3. The van der Waals surface area contributed by atoms with Crippen molar-refractivity contribution in [2.75, 3.05) is 16.0 Å². The van der Waals surface area contributed by atoms with Gasteiger partial charge in [0.25, 0.3) is 11.8 Å². The standard InChI is InChI=1S/C18H12Cl2N2O3S/c19-11-4-6-13(7-5-11)21-16(23)10-26-15-9-17(24)22(18(15)25)14-3-1-2-12(20)8-14/h1-9H,10H2,(H,21,23). The van der Waals surface area contributed by atoms with E-state index in [1.54, 1.807) is 42.5 Å². The highest BCUT2D eigenvalue weighted by Gasteiger charge is 2.33. The Morgan fingerprint density at radius 3 is 2.46 bits per heavy atom. The molecular weight excluding hydrogens is 395 g/mol. The van der Waals surface area contributed by atoms with Gasteiger partial charge in [0.1, 0.15) is 0 Å². The van der Waals surface area contributed by atoms with Gasteiger partial charge < -0.3 is 5.32 Å². The van der Waals surface area contributed by atoms with E-state index in [0.717, 1.165) is 16.7 Å². The number of benzene rings is 2. The van der Waals surface area contributed by atoms with E-state index >= 15 is 0 Å². The maximum absolute atomic E-state index is 12.5. The molecule has 0 radical (unpaired) electrons. The molecule has 1 aliphatic heterocycles. The van der Waals surface area contributed by atoms with Crippen molar-refractivity contribution in [3.63, 3.8) is 0 Å². The van der Waals surface area contributed by atoms with Crippen LogP contribution in [0.15, 0.2) is 59.5 Å². The van der Waals surface area contributed by atoms with Crippen LogP contribution < -0.4 is 10.2 Å². The Kier molecular flexibility index (Phi) is 5.66. The molecule has 8 heteroatoms. The molecule has 1 aliphatic rings. The van der Waals surface area contributed by atoms with E-state index < -0.39 is 11.8 Å². The molecule has 0 aromatic heterocycles. The van der Waals surface area contributed by atoms with Gasteiger partial charge in [-0.25, -0.2) is 4.90 Å². The van der Waals surface area contributed by atoms with Crippen molar-refractivity contribution >= 4 is 64.1 Å². The van der Waals surface area contributed by atoms with E-state index in [2.05, 4.69) is 5.32 Å². The molecule has 3 amide bonds. The molecule has 0 fully saturated rings. The van der Waals surface area contributed by atoms with Crippen LogP contribution in [0, 0.1) is 0 Å². The van der Waals surface area contributed by atoms with E-state index in [1.807, 2.05) is 0 Å². The van der Waals surface area contributed by atoms with Crippen LogP contribution in [0.25, 0.3) is 0 Å². The van der Waals surface area contributed by atoms with E-state index in [-0.39, 0.29) is 16.6 Å². The highest BCUT2D eigenvalue weighted by atomic mass is 35.5. The third-order valence-corrected chi connectivity index (χ3v) is 4.94. The molecule has 0 aliphatic carbocycles. The van der Waals surface area contributed by atoms with Crippen molar-refractivity contribution in [1.29, 1.82) is 0 Å². The molecule has 0 bridgehead atoms. The van der Waals surface area contributed by atoms with Gasteiger partial charge in [-0.3, -0.25) is 14.4 Å². The highest BCUT2D eigenvalue weighted by molar-refractivity contribution is 8.04. The van der Waals surface area contributed by atoms with E-state index in [1.165, 1.54) is 12.1 Å². The third kappa shape index (κ3) is 4.27. The van der Waals surface area contributed by atoms with E-state index in [4.69, 9.17) is 23.2 Å². The average molecular weight is 407 g/mol. The van der Waals surface area contributed by atoms with Gasteiger partial charge in [-0.15, -0.1) is 11.8 Å². The van der Waals surface area contributed by atoms with Crippen LogP contribution in [0.1, 0.15) is 0 Å². The van der Waals surface area contributed by atoms with Crippen LogP contribution in [0.3, 0.4) is 0 Å². The van der Waals surface area contributed by atoms with Crippen molar-refractivity contribution < 1.29 is 14.4 Å². The molecule has 0 saturated heterocycles. The van der Waals surface area contributed by atoms with Crippen molar-refractivity contribution in [2.24, 2.45) is 0 Å². The van der Waals surface area contributed by atoms with Gasteiger partial charge in [-0.2, -0.15) is 0 Å². The molecular formula is C18H12Cl2N2O3S. The molecule has 0 saturated carbocycles. The fraction of sp³-hybridized carbons (Fsp3) is 0.0556. The number of carbonyl (C=O) groups excluding carboxylic acids is 3. The number of carbonyl (C=O) groups is 3. The fourth-order valence-electron chi connectivity index (χ4n) is 2.29. The Labute approximate surface area is 164 Å². The van der Waals surface area contributed by atoms with Crippen molar-refractivity contribution in [3.05, 3.63) is 69.6 Å². The number of nitrogens with one attached hydrogen (secondary N) is 1. The van der Waals surface area contributed by atoms with Crippen molar-refractivity contribution in [3.8, 4) is 0 Å². The van der Waals surface area contributed by atoms with Gasteiger partial charge in [-0.1, -0.05) is 29.3 Å². The van der Waals surface area contributed by atoms with Crippen LogP contribution >= 0.6 is 35.0 Å². The summed E-state index contributed by atoms with van der Waals surface area (Å²) in [4.78, 5) is 37.9. The van der Waals surface area contributed by atoms with Gasteiger partial charge in [0.2, 0.25) is 5.91 Å². The number of thioether (sulfide) groups is 1. The Morgan fingerprint density at radius 1 is 1.04 bits per heavy atom. The number of hydrogen-bond acceptors (Lipinski definition) is 4. The molecule has 0 unspecified atom stereocenters. The van der Waals surface area contributed by atoms with Crippen molar-refractivity contribution in [2.45, 2.75) is 0 Å². The number of imide groups is 1. The number of anilines is 2. The van der Waals surface area contributed by atoms with Gasteiger partial charge >= 0.3 is 0 Å². The summed E-state index contributed by atoms with van der Waals surface area (Å²) in [7, 11) is 0. The first-order chi connectivity index (χ1) is 12.4. The molecule has 0 atom stereocenters. The average Bonchev–Trinajstić information content (AvgIpc) is 2.89. The fourth-order valence-corrected chi connectivity index (χ4v) is 3.35. The topological polar surface area (TPSA) is 66.5 Å². The zero-order valence-electron chi connectivity index (χ0n) is 13.2. The quantitative estimate of drug-likeness (QED) is 0.758. The first kappa shape index (κ1) is 18.5. The second-order valence-corrected chi connectivity index (χ2v) is 7.20. The largest absolute Gasteiger partial charge is 0.325 e. The minimum atomic E-state index is -0.471. The summed E-state index contributed by atoms with van der Waals surface area (Å²) in [5.74, 6) is -1.23. The summed E-state index contributed by atoms with van der Waals surface area (Å²) in [6.07, 6.45) is 1.23. The molecule has 1 N–H and O–H groups in total. The first-order valence-electron chi connectivity index (χ1n) is 7.48. The van der Waals surface area contributed by atoms with Gasteiger partial charge in [-0.05, 0) is 42.5 Å². The van der Waals surface area contributed by atoms with E-state index in [0.29, 0.717) is 21.4 Å². The summed E-state index contributed by atoms with van der Waals surface area (Å²) in [6.45, 7) is 0. The molecule has 26 heavy (non-hydrogen) atoms. The van der Waals surface area contributed by atoms with Crippen LogP contribution in [-0.2, 0) is 14.4 Å². The second-order valence-electron chi connectivity index (χ2n) is 5.31. The third-order valence-electron chi connectivity index (χ3n) is 3.44. The van der Waals surface area contributed by atoms with Gasteiger partial charge in [0.05, 0.1) is 16.3 Å². The second kappa shape index (κ2) is 7.95. The predicted octanol–water partition coefficient (Wildman–Crippen LogP) is 4.12. The smallest absolute Gasteiger partial charge is 0.271 e. The Bertz CT molecular complexity index is 913. The molecule has 5 nitrogen and oxygen atoms in total. The lowest BCUT2D eigenvalue weighted by molar-refractivity contribution is -0.120. The van der Waals surface area contributed by atoms with Gasteiger partial charge in [0.15, 0.2) is 0 Å². The summed E-state index contributed by atoms with van der Waals surface area (Å²) >= 11 is 12.7. The maximum atomic E-state index is 12.5. The molecule has 0 spiro atoms. The zero-order chi connectivity index (χ0) is 18.7. The van der Waals surface area contributed by atoms with Crippen LogP contribution in [-0.4, -0.2) is 23.5 Å². The number of nitrogens with zero attached hydrogens (tertiary/aromatic N) is 1. The van der Waals surface area contributed by atoms with Crippen LogP contribution in [0.5, 0.6) is 0 Å². The minimum Gasteiger partial charge on any atom is -0.325 e. The summed E-state index contributed by atoms with van der Waals surface area (Å²) in [5, 5.41) is 3.69. The lowest BCUT2D eigenvalue weighted by atomic mass is 10.3. The highest BCUT2D eigenvalue weighted by Crippen LogP contribution is 2.30. The monoisotopic (exact) mass is 406 g/mol. The van der Waals surface area contributed by atoms with Crippen LogP contribution in [0.2, 0.25) is 10.0 Å². The zero-order valence-corrected chi connectivity index (χ0v) is 15.6. The maximum Gasteiger partial charge on any atom is 0.271 e. The predicted molar refractivity (Wildman–Crippen MR) is 105 cm³/mol. The summed E-state index contributed by atoms with van der Waals surface area (Å²) in [6, 6.07) is 13.1. The minimum absolute atomic E-state index is 0.00311. The number of halogens is 2. The molecule has 2 aromatic rings. The Morgan fingerprint density at radius 2 is 1.77 bits per heavy atom. The summed E-state index contributed by atoms with van der Waals surface area (Å²) in [5.41, 5.74) is 0.994.